The quantitative estimate of drug-likeness (QED) is 0.689. The van der Waals surface area contributed by atoms with E-state index < -0.39 is 12.1 Å². The van der Waals surface area contributed by atoms with Crippen LogP contribution in [0.4, 0.5) is 5.69 Å². The average Bonchev–Trinajstić information content (AvgIpc) is 3.19. The van der Waals surface area contributed by atoms with Gasteiger partial charge in [0.1, 0.15) is 0 Å². The highest BCUT2D eigenvalue weighted by Gasteiger charge is 2.20. The third kappa shape index (κ3) is 4.26. The number of hydrogen-bond donors (Lipinski definition) is 1. The molecular formula is C22H22N2O3. The second-order valence-corrected chi connectivity index (χ2v) is 6.44. The van der Waals surface area contributed by atoms with Crippen LogP contribution in [0.2, 0.25) is 0 Å². The first kappa shape index (κ1) is 18.5. The predicted molar refractivity (Wildman–Crippen MR) is 105 cm³/mol. The van der Waals surface area contributed by atoms with E-state index in [0.717, 1.165) is 22.5 Å². The number of para-hydroxylation sites is 1. The smallest absolute Gasteiger partial charge is 0.338 e. The fourth-order valence-corrected chi connectivity index (χ4v) is 2.79. The molecule has 1 heterocycles. The SMILES string of the molecule is Cc1cccc(C)c1NC(=O)C(C)OC(=O)c1ccc(-n2cccc2)cc1. The van der Waals surface area contributed by atoms with Crippen molar-refractivity contribution in [2.45, 2.75) is 26.9 Å². The maximum Gasteiger partial charge on any atom is 0.338 e. The summed E-state index contributed by atoms with van der Waals surface area (Å²) in [7, 11) is 0. The van der Waals surface area contributed by atoms with Crippen LogP contribution in [0.25, 0.3) is 5.69 Å². The number of nitrogens with zero attached hydrogens (tertiary/aromatic N) is 1. The van der Waals surface area contributed by atoms with Crippen LogP contribution in [0, 0.1) is 13.8 Å². The summed E-state index contributed by atoms with van der Waals surface area (Å²) in [5, 5.41) is 2.84. The average molecular weight is 362 g/mol. The summed E-state index contributed by atoms with van der Waals surface area (Å²) in [6.45, 7) is 5.41. The molecule has 5 nitrogen and oxygen atoms in total. The van der Waals surface area contributed by atoms with Gasteiger partial charge in [-0.3, -0.25) is 4.79 Å². The molecule has 0 aliphatic carbocycles. The minimum atomic E-state index is -0.902. The molecule has 1 atom stereocenters. The van der Waals surface area contributed by atoms with Crippen molar-refractivity contribution in [3.63, 3.8) is 0 Å². The number of hydrogen-bond acceptors (Lipinski definition) is 3. The van der Waals surface area contributed by atoms with Gasteiger partial charge in [0.15, 0.2) is 6.10 Å². The van der Waals surface area contributed by atoms with Crippen LogP contribution in [0.1, 0.15) is 28.4 Å². The van der Waals surface area contributed by atoms with E-state index in [-0.39, 0.29) is 5.91 Å². The molecule has 27 heavy (non-hydrogen) atoms. The number of carbonyl (C=O) groups is 2. The van der Waals surface area contributed by atoms with Crippen molar-refractivity contribution >= 4 is 17.6 Å². The lowest BCUT2D eigenvalue weighted by Gasteiger charge is -2.16. The maximum absolute atomic E-state index is 12.4. The number of anilines is 1. The first-order valence-corrected chi connectivity index (χ1v) is 8.77. The molecule has 1 amide bonds. The molecule has 0 aliphatic heterocycles. The molecule has 3 aromatic rings. The second-order valence-electron chi connectivity index (χ2n) is 6.44. The number of nitrogens with one attached hydrogen (secondary N) is 1. The highest BCUT2D eigenvalue weighted by Crippen LogP contribution is 2.20. The Hall–Kier alpha value is -3.34. The topological polar surface area (TPSA) is 60.3 Å². The fraction of sp³-hybridized carbons (Fsp3) is 0.182. The lowest BCUT2D eigenvalue weighted by atomic mass is 10.1. The Kier molecular flexibility index (Phi) is 5.41. The Labute approximate surface area is 158 Å². The van der Waals surface area contributed by atoms with Gasteiger partial charge in [0.05, 0.1) is 5.56 Å². The number of benzene rings is 2. The van der Waals surface area contributed by atoms with Gasteiger partial charge in [0.2, 0.25) is 0 Å². The van der Waals surface area contributed by atoms with E-state index in [2.05, 4.69) is 5.32 Å². The molecule has 1 N–H and O–H groups in total. The van der Waals surface area contributed by atoms with Gasteiger partial charge >= 0.3 is 5.97 Å². The first-order valence-electron chi connectivity index (χ1n) is 8.77. The minimum absolute atomic E-state index is 0.357. The Balaban J connectivity index is 1.64. The molecule has 1 unspecified atom stereocenters. The summed E-state index contributed by atoms with van der Waals surface area (Å²) in [4.78, 5) is 24.7. The molecule has 138 valence electrons. The second kappa shape index (κ2) is 7.91. The van der Waals surface area contributed by atoms with Gasteiger partial charge in [-0.2, -0.15) is 0 Å². The lowest BCUT2D eigenvalue weighted by molar-refractivity contribution is -0.123. The van der Waals surface area contributed by atoms with Gasteiger partial charge in [-0.25, -0.2) is 4.79 Å². The van der Waals surface area contributed by atoms with Crippen LogP contribution in [-0.4, -0.2) is 22.5 Å². The van der Waals surface area contributed by atoms with Crippen LogP contribution >= 0.6 is 0 Å². The highest BCUT2D eigenvalue weighted by atomic mass is 16.5. The van der Waals surface area contributed by atoms with Crippen molar-refractivity contribution in [3.05, 3.63) is 83.7 Å². The van der Waals surface area contributed by atoms with Crippen molar-refractivity contribution < 1.29 is 14.3 Å². The number of esters is 1. The highest BCUT2D eigenvalue weighted by molar-refractivity contribution is 5.98. The molecule has 0 aliphatic rings. The molecule has 3 rings (SSSR count). The standard InChI is InChI=1S/C22H22N2O3/c1-15-7-6-8-16(2)20(15)23-21(25)17(3)27-22(26)18-9-11-19(12-10-18)24-13-4-5-14-24/h4-14,17H,1-3H3,(H,23,25). The van der Waals surface area contributed by atoms with Gasteiger partial charge in [-0.05, 0) is 68.3 Å². The summed E-state index contributed by atoms with van der Waals surface area (Å²) in [6, 6.07) is 16.7. The monoisotopic (exact) mass is 362 g/mol. The van der Waals surface area contributed by atoms with Gasteiger partial charge in [-0.15, -0.1) is 0 Å². The number of rotatable bonds is 5. The van der Waals surface area contributed by atoms with Crippen LogP contribution in [0.3, 0.4) is 0 Å². The van der Waals surface area contributed by atoms with Crippen LogP contribution in [-0.2, 0) is 9.53 Å². The predicted octanol–water partition coefficient (Wildman–Crippen LogP) is 4.28. The Morgan fingerprint density at radius 2 is 1.52 bits per heavy atom. The Morgan fingerprint density at radius 1 is 0.926 bits per heavy atom. The zero-order valence-electron chi connectivity index (χ0n) is 15.6. The molecule has 2 aromatic carbocycles. The van der Waals surface area contributed by atoms with E-state index >= 15 is 0 Å². The minimum Gasteiger partial charge on any atom is -0.449 e. The van der Waals surface area contributed by atoms with Crippen LogP contribution in [0.15, 0.2) is 67.0 Å². The zero-order chi connectivity index (χ0) is 19.4. The van der Waals surface area contributed by atoms with Gasteiger partial charge in [-0.1, -0.05) is 18.2 Å². The molecular weight excluding hydrogens is 340 g/mol. The van der Waals surface area contributed by atoms with Crippen molar-refractivity contribution in [2.75, 3.05) is 5.32 Å². The van der Waals surface area contributed by atoms with E-state index in [1.165, 1.54) is 0 Å². The largest absolute Gasteiger partial charge is 0.449 e. The molecule has 0 saturated heterocycles. The molecule has 0 radical (unpaired) electrons. The molecule has 0 saturated carbocycles. The van der Waals surface area contributed by atoms with E-state index in [0.29, 0.717) is 5.56 Å². The third-order valence-electron chi connectivity index (χ3n) is 4.39. The fourth-order valence-electron chi connectivity index (χ4n) is 2.79. The molecule has 1 aromatic heterocycles. The number of ether oxygens (including phenoxy) is 1. The van der Waals surface area contributed by atoms with Gasteiger partial charge < -0.3 is 14.6 Å². The molecule has 0 fully saturated rings. The zero-order valence-corrected chi connectivity index (χ0v) is 15.6. The number of carbonyl (C=O) groups excluding carboxylic acids is 2. The number of aryl methyl sites for hydroxylation is 2. The van der Waals surface area contributed by atoms with Crippen LogP contribution in [0.5, 0.6) is 0 Å². The summed E-state index contributed by atoms with van der Waals surface area (Å²) in [6.07, 6.45) is 2.95. The van der Waals surface area contributed by atoms with E-state index in [1.54, 1.807) is 19.1 Å². The van der Waals surface area contributed by atoms with E-state index in [4.69, 9.17) is 4.74 Å². The first-order chi connectivity index (χ1) is 13.0. The van der Waals surface area contributed by atoms with E-state index in [9.17, 15) is 9.59 Å². The van der Waals surface area contributed by atoms with Gasteiger partial charge in [0.25, 0.3) is 5.91 Å². The molecule has 0 bridgehead atoms. The Bertz CT molecular complexity index is 924. The maximum atomic E-state index is 12.4. The third-order valence-corrected chi connectivity index (χ3v) is 4.39. The van der Waals surface area contributed by atoms with Crippen LogP contribution < -0.4 is 5.32 Å². The van der Waals surface area contributed by atoms with E-state index in [1.807, 2.05) is 73.3 Å². The number of aromatic nitrogens is 1. The summed E-state index contributed by atoms with van der Waals surface area (Å²) < 4.78 is 7.26. The van der Waals surface area contributed by atoms with Crippen molar-refractivity contribution in [3.8, 4) is 5.69 Å². The van der Waals surface area contributed by atoms with Gasteiger partial charge in [0, 0.05) is 23.8 Å². The summed E-state index contributed by atoms with van der Waals surface area (Å²) >= 11 is 0. The van der Waals surface area contributed by atoms with Crippen molar-refractivity contribution in [1.29, 1.82) is 0 Å². The van der Waals surface area contributed by atoms with Crippen molar-refractivity contribution in [2.24, 2.45) is 0 Å². The summed E-state index contributed by atoms with van der Waals surface area (Å²) in [5.41, 5.74) is 4.02. The molecule has 0 spiro atoms. The normalized spacial score (nSPS) is 11.7. The lowest BCUT2D eigenvalue weighted by Crippen LogP contribution is -2.30. The Morgan fingerprint density at radius 3 is 2.11 bits per heavy atom. The molecule has 5 heteroatoms. The summed E-state index contributed by atoms with van der Waals surface area (Å²) in [5.74, 6) is -0.886. The van der Waals surface area contributed by atoms with Crippen molar-refractivity contribution in [1.82, 2.24) is 4.57 Å². The number of amides is 1.